The molecule has 2 rings (SSSR count). The molecule has 1 aliphatic heterocycles. The first kappa shape index (κ1) is 14.0. The van der Waals surface area contributed by atoms with Gasteiger partial charge in [-0.2, -0.15) is 0 Å². The van der Waals surface area contributed by atoms with E-state index < -0.39 is 11.6 Å². The Morgan fingerprint density at radius 3 is 2.26 bits per heavy atom. The number of benzene rings is 1. The zero-order valence-corrected chi connectivity index (χ0v) is 11.5. The molecule has 1 heterocycles. The van der Waals surface area contributed by atoms with Crippen molar-refractivity contribution in [3.63, 3.8) is 0 Å². The van der Waals surface area contributed by atoms with E-state index in [1.807, 2.05) is 13.8 Å². The second-order valence-electron chi connectivity index (χ2n) is 5.42. The Kier molecular flexibility index (Phi) is 3.88. The molecule has 0 aromatic heterocycles. The summed E-state index contributed by atoms with van der Waals surface area (Å²) in [7, 11) is 0. The Balaban J connectivity index is 2.35. The van der Waals surface area contributed by atoms with Crippen LogP contribution in [-0.4, -0.2) is 22.9 Å². The Morgan fingerprint density at radius 2 is 1.68 bits per heavy atom. The number of nitrogens with zero attached hydrogens (tertiary/aromatic N) is 1. The van der Waals surface area contributed by atoms with E-state index in [9.17, 15) is 13.6 Å². The van der Waals surface area contributed by atoms with Crippen molar-refractivity contribution in [3.8, 4) is 0 Å². The minimum absolute atomic E-state index is 0.142. The predicted octanol–water partition coefficient (Wildman–Crippen LogP) is 3.68. The number of carbonyl (C=O) groups excluding carboxylic acids is 1. The van der Waals surface area contributed by atoms with Crippen molar-refractivity contribution in [1.29, 1.82) is 0 Å². The molecule has 1 fully saturated rings. The van der Waals surface area contributed by atoms with Crippen molar-refractivity contribution < 1.29 is 13.6 Å². The molecule has 0 spiro atoms. The third kappa shape index (κ3) is 2.62. The van der Waals surface area contributed by atoms with Gasteiger partial charge in [0.15, 0.2) is 11.6 Å². The maximum absolute atomic E-state index is 13.3. The predicted molar refractivity (Wildman–Crippen MR) is 70.0 cm³/mol. The SMILES string of the molecule is Cc1cc(F)c(F)cc1C(=O)N1[C@@H](C)CCC[C@@H]1C. The number of likely N-dealkylation sites (tertiary alicyclic amines) is 1. The average molecular weight is 267 g/mol. The van der Waals surface area contributed by atoms with Crippen LogP contribution in [0.4, 0.5) is 8.78 Å². The number of rotatable bonds is 1. The molecule has 0 N–H and O–H groups in total. The van der Waals surface area contributed by atoms with Crippen molar-refractivity contribution in [1.82, 2.24) is 4.90 Å². The van der Waals surface area contributed by atoms with E-state index in [-0.39, 0.29) is 23.6 Å². The van der Waals surface area contributed by atoms with Crippen LogP contribution in [0.5, 0.6) is 0 Å². The third-order valence-electron chi connectivity index (χ3n) is 3.93. The standard InChI is InChI=1S/C15H19F2NO/c1-9-7-13(16)14(17)8-12(9)15(19)18-10(2)5-4-6-11(18)3/h7-8,10-11H,4-6H2,1-3H3/t10-,11-/m0/s1. The summed E-state index contributed by atoms with van der Waals surface area (Å²) in [5, 5.41) is 0. The average Bonchev–Trinajstić information content (AvgIpc) is 2.33. The van der Waals surface area contributed by atoms with Gasteiger partial charge in [0.05, 0.1) is 0 Å². The number of hydrogen-bond donors (Lipinski definition) is 0. The highest BCUT2D eigenvalue weighted by Crippen LogP contribution is 2.26. The summed E-state index contributed by atoms with van der Waals surface area (Å²) >= 11 is 0. The van der Waals surface area contributed by atoms with E-state index >= 15 is 0 Å². The lowest BCUT2D eigenvalue weighted by Crippen LogP contribution is -2.47. The Morgan fingerprint density at radius 1 is 1.16 bits per heavy atom. The van der Waals surface area contributed by atoms with Crippen molar-refractivity contribution in [2.24, 2.45) is 0 Å². The minimum Gasteiger partial charge on any atom is -0.333 e. The highest BCUT2D eigenvalue weighted by Gasteiger charge is 2.30. The topological polar surface area (TPSA) is 20.3 Å². The number of halogens is 2. The molecule has 1 aliphatic rings. The van der Waals surface area contributed by atoms with Crippen LogP contribution in [0.1, 0.15) is 49.0 Å². The molecule has 0 bridgehead atoms. The summed E-state index contributed by atoms with van der Waals surface area (Å²) < 4.78 is 26.5. The molecule has 0 saturated carbocycles. The lowest BCUT2D eigenvalue weighted by atomic mass is 9.95. The van der Waals surface area contributed by atoms with Crippen LogP contribution in [0, 0.1) is 18.6 Å². The summed E-state index contributed by atoms with van der Waals surface area (Å²) in [5.74, 6) is -2.07. The molecule has 1 amide bonds. The Hall–Kier alpha value is -1.45. The minimum atomic E-state index is -0.966. The summed E-state index contributed by atoms with van der Waals surface area (Å²) in [6.45, 7) is 5.64. The van der Waals surface area contributed by atoms with Gasteiger partial charge in [-0.15, -0.1) is 0 Å². The number of amides is 1. The van der Waals surface area contributed by atoms with Gasteiger partial charge in [-0.05, 0) is 57.7 Å². The van der Waals surface area contributed by atoms with Crippen LogP contribution in [0.15, 0.2) is 12.1 Å². The second kappa shape index (κ2) is 5.27. The molecule has 0 unspecified atom stereocenters. The smallest absolute Gasteiger partial charge is 0.254 e. The van der Waals surface area contributed by atoms with Crippen LogP contribution in [0.3, 0.4) is 0 Å². The molecule has 1 aromatic rings. The fourth-order valence-electron chi connectivity index (χ4n) is 2.84. The second-order valence-corrected chi connectivity index (χ2v) is 5.42. The van der Waals surface area contributed by atoms with Crippen molar-refractivity contribution in [2.75, 3.05) is 0 Å². The zero-order valence-electron chi connectivity index (χ0n) is 11.5. The van der Waals surface area contributed by atoms with E-state index in [1.165, 1.54) is 0 Å². The van der Waals surface area contributed by atoms with Gasteiger partial charge in [-0.1, -0.05) is 0 Å². The molecule has 19 heavy (non-hydrogen) atoms. The number of aryl methyl sites for hydroxylation is 1. The molecule has 1 aromatic carbocycles. The van der Waals surface area contributed by atoms with Crippen molar-refractivity contribution in [3.05, 3.63) is 34.9 Å². The Labute approximate surface area is 112 Å². The van der Waals surface area contributed by atoms with E-state index in [1.54, 1.807) is 11.8 Å². The molecule has 0 radical (unpaired) electrons. The van der Waals surface area contributed by atoms with E-state index in [2.05, 4.69) is 0 Å². The fourth-order valence-corrected chi connectivity index (χ4v) is 2.84. The quantitative estimate of drug-likeness (QED) is 0.760. The fraction of sp³-hybridized carbons (Fsp3) is 0.533. The van der Waals surface area contributed by atoms with E-state index in [4.69, 9.17) is 0 Å². The summed E-state index contributed by atoms with van der Waals surface area (Å²) in [6.07, 6.45) is 3.01. The third-order valence-corrected chi connectivity index (χ3v) is 3.93. The largest absolute Gasteiger partial charge is 0.333 e. The molecule has 1 saturated heterocycles. The molecule has 0 aliphatic carbocycles. The maximum atomic E-state index is 13.3. The van der Waals surface area contributed by atoms with Crippen LogP contribution in [-0.2, 0) is 0 Å². The number of carbonyl (C=O) groups is 1. The van der Waals surface area contributed by atoms with Gasteiger partial charge in [-0.25, -0.2) is 8.78 Å². The Bertz CT molecular complexity index is 491. The monoisotopic (exact) mass is 267 g/mol. The summed E-state index contributed by atoms with van der Waals surface area (Å²) in [6, 6.07) is 2.38. The number of hydrogen-bond acceptors (Lipinski definition) is 1. The molecule has 2 nitrogen and oxygen atoms in total. The first-order valence-electron chi connectivity index (χ1n) is 6.70. The summed E-state index contributed by atoms with van der Waals surface area (Å²) in [4.78, 5) is 14.3. The lowest BCUT2D eigenvalue weighted by Gasteiger charge is -2.39. The number of piperidine rings is 1. The van der Waals surface area contributed by atoms with Gasteiger partial charge in [0.2, 0.25) is 0 Å². The first-order valence-corrected chi connectivity index (χ1v) is 6.70. The summed E-state index contributed by atoms with van der Waals surface area (Å²) in [5.41, 5.74) is 0.744. The maximum Gasteiger partial charge on any atom is 0.254 e. The van der Waals surface area contributed by atoms with Gasteiger partial charge in [0, 0.05) is 17.6 Å². The normalized spacial score (nSPS) is 23.5. The lowest BCUT2D eigenvalue weighted by molar-refractivity contribution is 0.0509. The van der Waals surface area contributed by atoms with Crippen LogP contribution in [0.2, 0.25) is 0 Å². The van der Waals surface area contributed by atoms with Crippen LogP contribution >= 0.6 is 0 Å². The highest BCUT2D eigenvalue weighted by molar-refractivity contribution is 5.96. The molecule has 104 valence electrons. The zero-order chi connectivity index (χ0) is 14.2. The van der Waals surface area contributed by atoms with Gasteiger partial charge in [0.1, 0.15) is 0 Å². The van der Waals surface area contributed by atoms with Gasteiger partial charge in [0.25, 0.3) is 5.91 Å². The molecular weight excluding hydrogens is 248 g/mol. The van der Waals surface area contributed by atoms with Gasteiger partial charge >= 0.3 is 0 Å². The highest BCUT2D eigenvalue weighted by atomic mass is 19.2. The molecule has 4 heteroatoms. The van der Waals surface area contributed by atoms with Crippen molar-refractivity contribution >= 4 is 5.91 Å². The van der Waals surface area contributed by atoms with Gasteiger partial charge < -0.3 is 4.90 Å². The molecular formula is C15H19F2NO. The van der Waals surface area contributed by atoms with Crippen LogP contribution < -0.4 is 0 Å². The van der Waals surface area contributed by atoms with Crippen LogP contribution in [0.25, 0.3) is 0 Å². The van der Waals surface area contributed by atoms with Gasteiger partial charge in [-0.3, -0.25) is 4.79 Å². The van der Waals surface area contributed by atoms with E-state index in [0.29, 0.717) is 5.56 Å². The molecule has 2 atom stereocenters. The van der Waals surface area contributed by atoms with Crippen molar-refractivity contribution in [2.45, 2.75) is 52.1 Å². The van der Waals surface area contributed by atoms with E-state index in [0.717, 1.165) is 31.4 Å². The first-order chi connectivity index (χ1) is 8.91.